The maximum atomic E-state index is 11.9. The van der Waals surface area contributed by atoms with Gasteiger partial charge in [-0.1, -0.05) is 0 Å². The molecule has 1 amide bonds. The molecule has 0 spiro atoms. The third kappa shape index (κ3) is 2.03. The Morgan fingerprint density at radius 2 is 2.06 bits per heavy atom. The van der Waals surface area contributed by atoms with Crippen LogP contribution in [0.4, 0.5) is 0 Å². The lowest BCUT2D eigenvalue weighted by atomic mass is 10.1. The fraction of sp³-hybridized carbons (Fsp3) is 0.364. The predicted octanol–water partition coefficient (Wildman–Crippen LogP) is 0.628. The minimum Gasteiger partial charge on any atom is -0.481 e. The highest BCUT2D eigenvalue weighted by Gasteiger charge is 2.31. The van der Waals surface area contributed by atoms with E-state index in [2.05, 4.69) is 4.98 Å². The van der Waals surface area contributed by atoms with Crippen molar-refractivity contribution >= 4 is 11.9 Å². The zero-order chi connectivity index (χ0) is 11.5. The molecule has 1 saturated heterocycles. The number of aromatic nitrogens is 1. The molecular weight excluding hydrogens is 208 g/mol. The third-order valence-electron chi connectivity index (χ3n) is 2.75. The summed E-state index contributed by atoms with van der Waals surface area (Å²) in [5, 5.41) is 8.84. The van der Waals surface area contributed by atoms with Gasteiger partial charge in [0.15, 0.2) is 0 Å². The minimum absolute atomic E-state index is 0.119. The first-order chi connectivity index (χ1) is 7.68. The molecule has 1 atom stereocenters. The van der Waals surface area contributed by atoms with Crippen molar-refractivity contribution in [2.45, 2.75) is 6.42 Å². The molecule has 1 aromatic heterocycles. The van der Waals surface area contributed by atoms with Gasteiger partial charge in [0.25, 0.3) is 5.91 Å². The molecule has 5 heteroatoms. The van der Waals surface area contributed by atoms with Crippen LogP contribution in [-0.4, -0.2) is 40.0 Å². The molecule has 1 N–H and O–H groups in total. The Labute approximate surface area is 92.7 Å². The summed E-state index contributed by atoms with van der Waals surface area (Å²) in [6.07, 6.45) is 3.64. The van der Waals surface area contributed by atoms with Gasteiger partial charge < -0.3 is 10.0 Å². The molecule has 16 heavy (non-hydrogen) atoms. The lowest BCUT2D eigenvalue weighted by Gasteiger charge is -2.15. The Bertz CT molecular complexity index is 405. The molecule has 0 bridgehead atoms. The Morgan fingerprint density at radius 1 is 1.38 bits per heavy atom. The second kappa shape index (κ2) is 4.30. The number of amides is 1. The van der Waals surface area contributed by atoms with E-state index in [0.29, 0.717) is 25.1 Å². The van der Waals surface area contributed by atoms with E-state index in [9.17, 15) is 9.59 Å². The Morgan fingerprint density at radius 3 is 2.62 bits per heavy atom. The summed E-state index contributed by atoms with van der Waals surface area (Å²) in [6.45, 7) is 0.814. The van der Waals surface area contributed by atoms with E-state index in [-0.39, 0.29) is 5.91 Å². The lowest BCUT2D eigenvalue weighted by Crippen LogP contribution is -2.29. The van der Waals surface area contributed by atoms with Crippen LogP contribution in [0.25, 0.3) is 0 Å². The maximum absolute atomic E-state index is 11.9. The van der Waals surface area contributed by atoms with E-state index in [0.717, 1.165) is 0 Å². The van der Waals surface area contributed by atoms with Crippen molar-refractivity contribution in [1.29, 1.82) is 0 Å². The SMILES string of the molecule is O=C(O)[C@H]1CCN(C(=O)c2ccncc2)C1. The van der Waals surface area contributed by atoms with E-state index in [1.54, 1.807) is 29.4 Å². The quantitative estimate of drug-likeness (QED) is 0.793. The highest BCUT2D eigenvalue weighted by Crippen LogP contribution is 2.18. The van der Waals surface area contributed by atoms with Crippen molar-refractivity contribution in [3.63, 3.8) is 0 Å². The van der Waals surface area contributed by atoms with E-state index in [4.69, 9.17) is 5.11 Å². The van der Waals surface area contributed by atoms with Crippen molar-refractivity contribution in [1.82, 2.24) is 9.88 Å². The van der Waals surface area contributed by atoms with Crippen LogP contribution < -0.4 is 0 Å². The molecular formula is C11H12N2O3. The fourth-order valence-electron chi connectivity index (χ4n) is 1.82. The molecule has 2 rings (SSSR count). The first kappa shape index (κ1) is 10.6. The number of rotatable bonds is 2. The molecule has 0 aromatic carbocycles. The number of carbonyl (C=O) groups is 2. The van der Waals surface area contributed by atoms with Gasteiger partial charge >= 0.3 is 5.97 Å². The van der Waals surface area contributed by atoms with Crippen molar-refractivity contribution in [3.05, 3.63) is 30.1 Å². The zero-order valence-corrected chi connectivity index (χ0v) is 8.67. The standard InChI is InChI=1S/C11H12N2O3/c14-10(8-1-4-12-5-2-8)13-6-3-9(7-13)11(15)16/h1-2,4-5,9H,3,6-7H2,(H,15,16)/t9-/m0/s1. The average molecular weight is 220 g/mol. The number of aliphatic carboxylic acids is 1. The number of hydrogen-bond donors (Lipinski definition) is 1. The average Bonchev–Trinajstić information content (AvgIpc) is 2.78. The Kier molecular flexibility index (Phi) is 2.85. The highest BCUT2D eigenvalue weighted by atomic mass is 16.4. The molecule has 0 saturated carbocycles. The molecule has 1 aromatic rings. The molecule has 5 nitrogen and oxygen atoms in total. The van der Waals surface area contributed by atoms with Gasteiger partial charge in [0.2, 0.25) is 0 Å². The van der Waals surface area contributed by atoms with Gasteiger partial charge in [0.1, 0.15) is 0 Å². The molecule has 0 unspecified atom stereocenters. The minimum atomic E-state index is -0.829. The van der Waals surface area contributed by atoms with Crippen LogP contribution in [-0.2, 0) is 4.79 Å². The number of carbonyl (C=O) groups excluding carboxylic acids is 1. The largest absolute Gasteiger partial charge is 0.481 e. The van der Waals surface area contributed by atoms with Crippen molar-refractivity contribution in [2.24, 2.45) is 5.92 Å². The molecule has 0 aliphatic carbocycles. The molecule has 1 aliphatic heterocycles. The predicted molar refractivity (Wildman–Crippen MR) is 55.9 cm³/mol. The van der Waals surface area contributed by atoms with Gasteiger partial charge in [-0.05, 0) is 18.6 Å². The number of nitrogens with zero attached hydrogens (tertiary/aromatic N) is 2. The van der Waals surface area contributed by atoms with E-state index in [1.807, 2.05) is 0 Å². The Hall–Kier alpha value is -1.91. The second-order valence-corrected chi connectivity index (χ2v) is 3.81. The van der Waals surface area contributed by atoms with E-state index in [1.165, 1.54) is 0 Å². The van der Waals surface area contributed by atoms with Crippen molar-refractivity contribution in [3.8, 4) is 0 Å². The number of hydrogen-bond acceptors (Lipinski definition) is 3. The summed E-state index contributed by atoms with van der Waals surface area (Å²) in [7, 11) is 0. The summed E-state index contributed by atoms with van der Waals surface area (Å²) in [5.74, 6) is -1.37. The normalized spacial score (nSPS) is 19.8. The Balaban J connectivity index is 2.05. The molecule has 1 fully saturated rings. The van der Waals surface area contributed by atoms with Gasteiger partial charge in [-0.15, -0.1) is 0 Å². The fourth-order valence-corrected chi connectivity index (χ4v) is 1.82. The molecule has 1 aliphatic rings. The van der Waals surface area contributed by atoms with E-state index < -0.39 is 11.9 Å². The first-order valence-corrected chi connectivity index (χ1v) is 5.10. The van der Waals surface area contributed by atoms with Crippen LogP contribution in [0.15, 0.2) is 24.5 Å². The summed E-state index contributed by atoms with van der Waals surface area (Å²) >= 11 is 0. The van der Waals surface area contributed by atoms with Crippen LogP contribution in [0.1, 0.15) is 16.8 Å². The van der Waals surface area contributed by atoms with Crippen LogP contribution in [0, 0.1) is 5.92 Å². The van der Waals surface area contributed by atoms with Crippen molar-refractivity contribution in [2.75, 3.05) is 13.1 Å². The lowest BCUT2D eigenvalue weighted by molar-refractivity contribution is -0.141. The highest BCUT2D eigenvalue weighted by molar-refractivity contribution is 5.94. The monoisotopic (exact) mass is 220 g/mol. The van der Waals surface area contributed by atoms with Gasteiger partial charge in [0, 0.05) is 31.0 Å². The topological polar surface area (TPSA) is 70.5 Å². The third-order valence-corrected chi connectivity index (χ3v) is 2.75. The van der Waals surface area contributed by atoms with Gasteiger partial charge in [0.05, 0.1) is 5.92 Å². The molecule has 84 valence electrons. The van der Waals surface area contributed by atoms with Crippen LogP contribution in [0.2, 0.25) is 0 Å². The number of carboxylic acids is 1. The van der Waals surface area contributed by atoms with Crippen LogP contribution in [0.3, 0.4) is 0 Å². The molecule has 2 heterocycles. The first-order valence-electron chi connectivity index (χ1n) is 5.10. The summed E-state index contributed by atoms with van der Waals surface area (Å²) in [6, 6.07) is 3.27. The number of pyridine rings is 1. The smallest absolute Gasteiger partial charge is 0.308 e. The summed E-state index contributed by atoms with van der Waals surface area (Å²) in [4.78, 5) is 28.1. The molecule has 0 radical (unpaired) electrons. The second-order valence-electron chi connectivity index (χ2n) is 3.81. The van der Waals surface area contributed by atoms with E-state index >= 15 is 0 Å². The van der Waals surface area contributed by atoms with Gasteiger partial charge in [-0.25, -0.2) is 0 Å². The zero-order valence-electron chi connectivity index (χ0n) is 8.67. The van der Waals surface area contributed by atoms with Gasteiger partial charge in [-0.2, -0.15) is 0 Å². The van der Waals surface area contributed by atoms with Crippen LogP contribution in [0.5, 0.6) is 0 Å². The van der Waals surface area contributed by atoms with Crippen LogP contribution >= 0.6 is 0 Å². The number of carboxylic acid groups (broad SMARTS) is 1. The maximum Gasteiger partial charge on any atom is 0.308 e. The van der Waals surface area contributed by atoms with Crippen molar-refractivity contribution < 1.29 is 14.7 Å². The summed E-state index contributed by atoms with van der Waals surface area (Å²) in [5.41, 5.74) is 0.557. The van der Waals surface area contributed by atoms with Gasteiger partial charge in [-0.3, -0.25) is 14.6 Å². The number of likely N-dealkylation sites (tertiary alicyclic amines) is 1. The summed E-state index contributed by atoms with van der Waals surface area (Å²) < 4.78 is 0.